The molecule has 21 heavy (non-hydrogen) atoms. The van der Waals surface area contributed by atoms with Crippen LogP contribution in [0.3, 0.4) is 0 Å². The topological polar surface area (TPSA) is 63.4 Å². The minimum absolute atomic E-state index is 0.250. The first kappa shape index (κ1) is 16.0. The van der Waals surface area contributed by atoms with Gasteiger partial charge in [-0.1, -0.05) is 34.1 Å². The lowest BCUT2D eigenvalue weighted by Gasteiger charge is -2.19. The van der Waals surface area contributed by atoms with E-state index in [0.29, 0.717) is 17.8 Å². The number of nitrogens with two attached hydrogens (primary N) is 1. The molecule has 0 aliphatic rings. The number of nitrogen functional groups attached to an aromatic ring is 1. The van der Waals surface area contributed by atoms with Gasteiger partial charge in [-0.3, -0.25) is 0 Å². The predicted molar refractivity (Wildman–Crippen MR) is 88.4 cm³/mol. The Kier molecular flexibility index (Phi) is 4.70. The lowest BCUT2D eigenvalue weighted by molar-refractivity contribution is 0.466. The fraction of sp³-hybridized carbons (Fsp3) is 0.200. The summed E-state index contributed by atoms with van der Waals surface area (Å²) in [7, 11) is -2.00. The highest BCUT2D eigenvalue weighted by Gasteiger charge is 2.23. The van der Waals surface area contributed by atoms with Crippen molar-refractivity contribution in [3.05, 3.63) is 58.1 Å². The molecule has 0 saturated heterocycles. The van der Waals surface area contributed by atoms with Gasteiger partial charge in [0, 0.05) is 23.8 Å². The molecule has 4 nitrogen and oxygen atoms in total. The van der Waals surface area contributed by atoms with Gasteiger partial charge in [0.2, 0.25) is 10.0 Å². The SMILES string of the molecule is Cc1ccc(N)cc1S(=O)(=O)N(C)Cc1cccc(Br)c1. The van der Waals surface area contributed by atoms with E-state index in [1.54, 1.807) is 26.1 Å². The molecule has 112 valence electrons. The van der Waals surface area contributed by atoms with Gasteiger partial charge in [0.15, 0.2) is 0 Å². The maximum absolute atomic E-state index is 12.7. The highest BCUT2D eigenvalue weighted by atomic mass is 79.9. The molecule has 0 bridgehead atoms. The van der Waals surface area contributed by atoms with E-state index in [9.17, 15) is 8.42 Å². The van der Waals surface area contributed by atoms with Gasteiger partial charge in [0.25, 0.3) is 0 Å². The Labute approximate surface area is 133 Å². The summed E-state index contributed by atoms with van der Waals surface area (Å²) >= 11 is 3.38. The quantitative estimate of drug-likeness (QED) is 0.842. The Morgan fingerprint density at radius 3 is 2.57 bits per heavy atom. The smallest absolute Gasteiger partial charge is 0.243 e. The van der Waals surface area contributed by atoms with E-state index >= 15 is 0 Å². The maximum atomic E-state index is 12.7. The number of nitrogens with zero attached hydrogens (tertiary/aromatic N) is 1. The molecular weight excluding hydrogens is 352 g/mol. The molecule has 0 aromatic heterocycles. The molecule has 0 unspecified atom stereocenters. The Hall–Kier alpha value is -1.37. The number of hydrogen-bond donors (Lipinski definition) is 1. The van der Waals surface area contributed by atoms with Crippen LogP contribution in [0.25, 0.3) is 0 Å². The highest BCUT2D eigenvalue weighted by molar-refractivity contribution is 9.10. The minimum atomic E-state index is -3.57. The van der Waals surface area contributed by atoms with Crippen LogP contribution in [0.1, 0.15) is 11.1 Å². The number of aryl methyl sites for hydroxylation is 1. The molecule has 0 fully saturated rings. The van der Waals surface area contributed by atoms with Gasteiger partial charge in [0.05, 0.1) is 4.90 Å². The molecule has 0 aliphatic carbocycles. The van der Waals surface area contributed by atoms with Gasteiger partial charge in [-0.2, -0.15) is 4.31 Å². The third-order valence-electron chi connectivity index (χ3n) is 3.19. The monoisotopic (exact) mass is 368 g/mol. The van der Waals surface area contributed by atoms with Gasteiger partial charge in [-0.05, 0) is 42.3 Å². The zero-order chi connectivity index (χ0) is 15.6. The van der Waals surface area contributed by atoms with Crippen LogP contribution in [0.15, 0.2) is 51.8 Å². The second-order valence-electron chi connectivity index (χ2n) is 4.92. The molecule has 0 saturated carbocycles. The molecular formula is C15H17BrN2O2S. The highest BCUT2D eigenvalue weighted by Crippen LogP contribution is 2.23. The van der Waals surface area contributed by atoms with Crippen LogP contribution in [0.4, 0.5) is 5.69 Å². The third kappa shape index (κ3) is 3.64. The Morgan fingerprint density at radius 1 is 1.19 bits per heavy atom. The van der Waals surface area contributed by atoms with Crippen molar-refractivity contribution in [1.29, 1.82) is 0 Å². The van der Waals surface area contributed by atoms with Crippen LogP contribution >= 0.6 is 15.9 Å². The van der Waals surface area contributed by atoms with E-state index in [1.165, 1.54) is 10.4 Å². The van der Waals surface area contributed by atoms with Crippen molar-refractivity contribution in [3.8, 4) is 0 Å². The van der Waals surface area contributed by atoms with Gasteiger partial charge >= 0.3 is 0 Å². The molecule has 0 aliphatic heterocycles. The van der Waals surface area contributed by atoms with Crippen LogP contribution in [0.2, 0.25) is 0 Å². The first-order chi connectivity index (χ1) is 9.80. The van der Waals surface area contributed by atoms with E-state index in [0.717, 1.165) is 10.0 Å². The molecule has 2 rings (SSSR count). The number of rotatable bonds is 4. The number of sulfonamides is 1. The maximum Gasteiger partial charge on any atom is 0.243 e. The standard InChI is InChI=1S/C15H17BrN2O2S/c1-11-6-7-14(17)9-15(11)21(19,20)18(2)10-12-4-3-5-13(16)8-12/h3-9H,10,17H2,1-2H3. The molecule has 0 spiro atoms. The normalized spacial score (nSPS) is 11.8. The van der Waals surface area contributed by atoms with Crippen molar-refractivity contribution >= 4 is 31.6 Å². The first-order valence-corrected chi connectivity index (χ1v) is 8.61. The van der Waals surface area contributed by atoms with Gasteiger partial charge in [-0.25, -0.2) is 8.42 Å². The van der Waals surface area contributed by atoms with Crippen LogP contribution in [0.5, 0.6) is 0 Å². The van der Waals surface area contributed by atoms with Crippen molar-refractivity contribution in [2.24, 2.45) is 0 Å². The average molecular weight is 369 g/mol. The van der Waals surface area contributed by atoms with Crippen molar-refractivity contribution < 1.29 is 8.42 Å². The summed E-state index contributed by atoms with van der Waals surface area (Å²) in [5.41, 5.74) is 7.75. The van der Waals surface area contributed by atoms with Gasteiger partial charge in [-0.15, -0.1) is 0 Å². The summed E-state index contributed by atoms with van der Waals surface area (Å²) in [4.78, 5) is 0.250. The lowest BCUT2D eigenvalue weighted by Crippen LogP contribution is -2.27. The summed E-state index contributed by atoms with van der Waals surface area (Å²) in [5.74, 6) is 0. The molecule has 2 N–H and O–H groups in total. The van der Waals surface area contributed by atoms with Crippen LogP contribution < -0.4 is 5.73 Å². The molecule has 0 atom stereocenters. The summed E-state index contributed by atoms with van der Waals surface area (Å²) in [6, 6.07) is 12.5. The average Bonchev–Trinajstić information content (AvgIpc) is 2.41. The predicted octanol–water partition coefficient (Wildman–Crippen LogP) is 3.16. The molecule has 6 heteroatoms. The molecule has 2 aromatic carbocycles. The molecule has 2 aromatic rings. The largest absolute Gasteiger partial charge is 0.399 e. The number of benzene rings is 2. The van der Waals surface area contributed by atoms with Crippen molar-refractivity contribution in [1.82, 2.24) is 4.31 Å². The Morgan fingerprint density at radius 2 is 1.90 bits per heavy atom. The van der Waals surface area contributed by atoms with Crippen molar-refractivity contribution in [2.45, 2.75) is 18.4 Å². The van der Waals surface area contributed by atoms with Crippen molar-refractivity contribution in [2.75, 3.05) is 12.8 Å². The zero-order valence-corrected chi connectivity index (χ0v) is 14.3. The first-order valence-electron chi connectivity index (χ1n) is 6.37. The van der Waals surface area contributed by atoms with Crippen LogP contribution in [0, 0.1) is 6.92 Å². The van der Waals surface area contributed by atoms with E-state index in [1.807, 2.05) is 24.3 Å². The third-order valence-corrected chi connectivity index (χ3v) is 5.63. The summed E-state index contributed by atoms with van der Waals surface area (Å²) in [6.07, 6.45) is 0. The van der Waals surface area contributed by atoms with E-state index in [2.05, 4.69) is 15.9 Å². The second-order valence-corrected chi connectivity index (χ2v) is 7.84. The van der Waals surface area contributed by atoms with E-state index in [4.69, 9.17) is 5.73 Å². The summed E-state index contributed by atoms with van der Waals surface area (Å²) in [6.45, 7) is 2.06. The summed E-state index contributed by atoms with van der Waals surface area (Å²) < 4.78 is 27.6. The molecule has 0 radical (unpaired) electrons. The van der Waals surface area contributed by atoms with Gasteiger partial charge < -0.3 is 5.73 Å². The molecule has 0 amide bonds. The molecule has 0 heterocycles. The van der Waals surface area contributed by atoms with Crippen LogP contribution in [-0.2, 0) is 16.6 Å². The van der Waals surface area contributed by atoms with E-state index < -0.39 is 10.0 Å². The van der Waals surface area contributed by atoms with Crippen LogP contribution in [-0.4, -0.2) is 19.8 Å². The lowest BCUT2D eigenvalue weighted by atomic mass is 10.2. The number of halogens is 1. The zero-order valence-electron chi connectivity index (χ0n) is 11.9. The minimum Gasteiger partial charge on any atom is -0.399 e. The number of anilines is 1. The number of hydrogen-bond acceptors (Lipinski definition) is 3. The Bertz CT molecular complexity index is 760. The van der Waals surface area contributed by atoms with Crippen molar-refractivity contribution in [3.63, 3.8) is 0 Å². The van der Waals surface area contributed by atoms with E-state index in [-0.39, 0.29) is 4.90 Å². The summed E-state index contributed by atoms with van der Waals surface area (Å²) in [5, 5.41) is 0. The fourth-order valence-electron chi connectivity index (χ4n) is 2.04. The fourth-order valence-corrected chi connectivity index (χ4v) is 3.90. The van der Waals surface area contributed by atoms with Gasteiger partial charge in [0.1, 0.15) is 0 Å². The Balaban J connectivity index is 2.33. The second kappa shape index (κ2) is 6.17.